The first-order chi connectivity index (χ1) is 23.7. The van der Waals surface area contributed by atoms with Crippen molar-refractivity contribution in [3.8, 4) is 39.5 Å². The summed E-state index contributed by atoms with van der Waals surface area (Å²) in [6.45, 7) is 3.98. The van der Waals surface area contributed by atoms with Gasteiger partial charge in [0.25, 0.3) is 0 Å². The minimum atomic E-state index is -3.08. The molecule has 7 rings (SSSR count). The van der Waals surface area contributed by atoms with E-state index in [0.29, 0.717) is 35.5 Å². The van der Waals surface area contributed by atoms with Crippen LogP contribution in [0.2, 0.25) is 0 Å². The quantitative estimate of drug-likeness (QED) is 0.150. The Labute approximate surface area is 282 Å². The molecular weight excluding hydrogens is 633 g/mol. The van der Waals surface area contributed by atoms with Gasteiger partial charge in [-0.1, -0.05) is 30.3 Å². The minimum absolute atomic E-state index is 0.152. The summed E-state index contributed by atoms with van der Waals surface area (Å²) in [5.74, 6) is -0.608. The molecule has 0 saturated carbocycles. The summed E-state index contributed by atoms with van der Waals surface area (Å²) in [7, 11) is 0. The monoisotopic (exact) mass is 670 g/mol. The summed E-state index contributed by atoms with van der Waals surface area (Å²) in [5.41, 5.74) is 7.13. The number of nitrogens with zero attached hydrogens (tertiary/aromatic N) is 3. The number of likely N-dealkylation sites (tertiary alicyclic amines) is 1. The third-order valence-electron chi connectivity index (χ3n) is 9.47. The van der Waals surface area contributed by atoms with Crippen LogP contribution < -0.4 is 10.1 Å². The molecule has 8 nitrogen and oxygen atoms in total. The number of rotatable bonds is 10. The van der Waals surface area contributed by atoms with Gasteiger partial charge in [0.1, 0.15) is 29.7 Å². The first-order valence-electron chi connectivity index (χ1n) is 16.6. The zero-order valence-electron chi connectivity index (χ0n) is 27.4. The van der Waals surface area contributed by atoms with Gasteiger partial charge in [-0.25, -0.2) is 9.37 Å². The van der Waals surface area contributed by atoms with Gasteiger partial charge in [-0.05, 0) is 105 Å². The number of pyridine rings is 1. The van der Waals surface area contributed by atoms with Crippen LogP contribution in [0.4, 0.5) is 13.2 Å². The number of esters is 1. The van der Waals surface area contributed by atoms with Crippen LogP contribution in [0.1, 0.15) is 48.1 Å². The van der Waals surface area contributed by atoms with E-state index in [2.05, 4.69) is 20.2 Å². The largest absolute Gasteiger partial charge is 0.460 e. The van der Waals surface area contributed by atoms with Crippen molar-refractivity contribution in [3.63, 3.8) is 0 Å². The maximum Gasteiger partial charge on any atom is 0.387 e. The fraction of sp³-hybridized carbons (Fsp3) is 0.342. The van der Waals surface area contributed by atoms with Crippen LogP contribution in [0.5, 0.6) is 5.75 Å². The summed E-state index contributed by atoms with van der Waals surface area (Å²) in [5, 5.41) is 3.07. The average molecular weight is 671 g/mol. The number of alkyl halides is 2. The van der Waals surface area contributed by atoms with Crippen molar-refractivity contribution in [1.82, 2.24) is 20.2 Å². The summed E-state index contributed by atoms with van der Waals surface area (Å²) in [4.78, 5) is 24.1. The van der Waals surface area contributed by atoms with E-state index in [4.69, 9.17) is 13.9 Å². The molecule has 2 aromatic heterocycles. The fourth-order valence-electron chi connectivity index (χ4n) is 6.87. The minimum Gasteiger partial charge on any atom is -0.460 e. The molecule has 5 aromatic rings. The number of aromatic nitrogens is 2. The molecule has 1 atom stereocenters. The molecule has 2 fully saturated rings. The van der Waals surface area contributed by atoms with E-state index < -0.39 is 18.6 Å². The van der Waals surface area contributed by atoms with E-state index >= 15 is 4.39 Å². The maximum atomic E-state index is 15.5. The highest BCUT2D eigenvalue weighted by Crippen LogP contribution is 2.39. The normalized spacial score (nSPS) is 16.6. The van der Waals surface area contributed by atoms with Gasteiger partial charge in [0.2, 0.25) is 5.89 Å². The van der Waals surface area contributed by atoms with Gasteiger partial charge in [0.05, 0.1) is 5.69 Å². The van der Waals surface area contributed by atoms with Crippen LogP contribution in [0.3, 0.4) is 0 Å². The second-order valence-corrected chi connectivity index (χ2v) is 12.7. The topological polar surface area (TPSA) is 89.7 Å². The highest BCUT2D eigenvalue weighted by atomic mass is 19.3. The first kappa shape index (κ1) is 32.8. The number of benzene rings is 3. The van der Waals surface area contributed by atoms with Crippen LogP contribution in [0, 0.1) is 19.7 Å². The number of carbonyl (C=O) groups is 1. The summed E-state index contributed by atoms with van der Waals surface area (Å²) in [6, 6.07) is 15.6. The lowest BCUT2D eigenvalue weighted by Gasteiger charge is -2.17. The number of halogens is 3. The Balaban J connectivity index is 1.19. The Hall–Kier alpha value is -4.74. The van der Waals surface area contributed by atoms with Gasteiger partial charge in [-0.2, -0.15) is 8.78 Å². The molecule has 49 heavy (non-hydrogen) atoms. The lowest BCUT2D eigenvalue weighted by molar-refractivity contribution is -0.147. The number of ether oxygens (including phenoxy) is 2. The smallest absolute Gasteiger partial charge is 0.387 e. The van der Waals surface area contributed by atoms with Gasteiger partial charge in [-0.15, -0.1) is 0 Å². The molecule has 11 heteroatoms. The van der Waals surface area contributed by atoms with Gasteiger partial charge < -0.3 is 19.2 Å². The third kappa shape index (κ3) is 6.91. The Morgan fingerprint density at radius 2 is 1.67 bits per heavy atom. The van der Waals surface area contributed by atoms with Crippen LogP contribution in [0.15, 0.2) is 65.2 Å². The standard InChI is InChI=1S/C38H37F3N4O4/c1-22-26(8-5-10-28(22)30-19-43-25(17-31(30)39)20-45-14-3-4-15-45)27-9-6-11-29(23(27)2)36-44-33-16-24(21-47-37(46)32-12-7-13-42-32)34(49-38(40)41)18-35(33)48-36/h5-6,8-11,16-19,32,38,42H,3-4,7,12-15,20-21H2,1-2H3/t32-/m0/s1. The predicted molar refractivity (Wildman–Crippen MR) is 180 cm³/mol. The second-order valence-electron chi connectivity index (χ2n) is 12.7. The first-order valence-corrected chi connectivity index (χ1v) is 16.6. The van der Waals surface area contributed by atoms with E-state index in [9.17, 15) is 13.6 Å². The van der Waals surface area contributed by atoms with Gasteiger partial charge >= 0.3 is 12.6 Å². The number of oxazole rings is 1. The van der Waals surface area contributed by atoms with Crippen molar-refractivity contribution in [2.45, 2.75) is 65.3 Å². The number of hydrogen-bond donors (Lipinski definition) is 1. The molecule has 0 radical (unpaired) electrons. The van der Waals surface area contributed by atoms with Crippen molar-refractivity contribution < 1.29 is 31.9 Å². The number of hydrogen-bond acceptors (Lipinski definition) is 8. The predicted octanol–water partition coefficient (Wildman–Crippen LogP) is 7.97. The van der Waals surface area contributed by atoms with Crippen LogP contribution in [-0.2, 0) is 22.7 Å². The van der Waals surface area contributed by atoms with Gasteiger partial charge in [-0.3, -0.25) is 14.7 Å². The van der Waals surface area contributed by atoms with Crippen molar-refractivity contribution in [1.29, 1.82) is 0 Å². The van der Waals surface area contributed by atoms with E-state index in [1.807, 2.05) is 50.2 Å². The fourth-order valence-corrected chi connectivity index (χ4v) is 6.87. The SMILES string of the molecule is Cc1c(-c2nc3cc(COC(=O)[C@@H]4CCCN4)c(OC(F)F)cc3o2)cccc1-c1cccc(-c2cnc(CN3CCCC3)cc2F)c1C. The van der Waals surface area contributed by atoms with Crippen molar-refractivity contribution in [2.24, 2.45) is 0 Å². The van der Waals surface area contributed by atoms with Gasteiger partial charge in [0, 0.05) is 35.5 Å². The van der Waals surface area contributed by atoms with E-state index in [-0.39, 0.29) is 29.3 Å². The van der Waals surface area contributed by atoms with Crippen LogP contribution in [-0.4, -0.2) is 53.1 Å². The van der Waals surface area contributed by atoms with Gasteiger partial charge in [0.15, 0.2) is 5.58 Å². The Kier molecular flexibility index (Phi) is 9.38. The Bertz CT molecular complexity index is 2000. The number of carbonyl (C=O) groups excluding carboxylic acids is 1. The highest BCUT2D eigenvalue weighted by Gasteiger charge is 2.25. The van der Waals surface area contributed by atoms with E-state index in [1.54, 1.807) is 18.3 Å². The highest BCUT2D eigenvalue weighted by molar-refractivity contribution is 5.85. The molecule has 4 heterocycles. The zero-order valence-corrected chi connectivity index (χ0v) is 27.4. The molecule has 0 spiro atoms. The van der Waals surface area contributed by atoms with Crippen LogP contribution in [0.25, 0.3) is 44.8 Å². The van der Waals surface area contributed by atoms with E-state index in [0.717, 1.165) is 72.4 Å². The lowest BCUT2D eigenvalue weighted by Crippen LogP contribution is -2.32. The van der Waals surface area contributed by atoms with Crippen molar-refractivity contribution in [3.05, 3.63) is 89.0 Å². The Morgan fingerprint density at radius 1 is 0.980 bits per heavy atom. The van der Waals surface area contributed by atoms with Crippen molar-refractivity contribution in [2.75, 3.05) is 19.6 Å². The zero-order chi connectivity index (χ0) is 34.1. The molecule has 0 unspecified atom stereocenters. The second kappa shape index (κ2) is 14.0. The van der Waals surface area contributed by atoms with E-state index in [1.165, 1.54) is 6.07 Å². The average Bonchev–Trinajstić information content (AvgIpc) is 3.87. The molecule has 2 saturated heterocycles. The molecular formula is C38H37F3N4O4. The molecule has 254 valence electrons. The molecule has 0 bridgehead atoms. The molecule has 0 aliphatic carbocycles. The molecule has 1 N–H and O–H groups in total. The molecule has 0 amide bonds. The summed E-state index contributed by atoms with van der Waals surface area (Å²) >= 11 is 0. The number of fused-ring (bicyclic) bond motifs is 1. The summed E-state index contributed by atoms with van der Waals surface area (Å²) < 4.78 is 58.5. The molecule has 2 aliphatic heterocycles. The molecule has 3 aromatic carbocycles. The van der Waals surface area contributed by atoms with Crippen LogP contribution >= 0.6 is 0 Å². The number of nitrogens with one attached hydrogen (secondary N) is 1. The molecule has 2 aliphatic rings. The third-order valence-corrected chi connectivity index (χ3v) is 9.47. The van der Waals surface area contributed by atoms with Crippen molar-refractivity contribution >= 4 is 17.1 Å². The Morgan fingerprint density at radius 3 is 2.35 bits per heavy atom. The summed E-state index contributed by atoms with van der Waals surface area (Å²) in [6.07, 6.45) is 5.47. The maximum absolute atomic E-state index is 15.5. The lowest BCUT2D eigenvalue weighted by atomic mass is 9.89.